The van der Waals surface area contributed by atoms with Crippen LogP contribution < -0.4 is 0 Å². The fourth-order valence-corrected chi connectivity index (χ4v) is 2.78. The average molecular weight is 398 g/mol. The number of hydrogen-bond acceptors (Lipinski definition) is 3. The Kier molecular flexibility index (Phi) is 7.10. The molecule has 0 spiro atoms. The molecule has 1 fully saturated rings. The number of rotatable bonds is 5. The largest absolute Gasteiger partial charge is 0.416 e. The van der Waals surface area contributed by atoms with E-state index in [0.717, 1.165) is 17.7 Å². The second-order valence-electron chi connectivity index (χ2n) is 6.31. The van der Waals surface area contributed by atoms with Gasteiger partial charge < -0.3 is 9.64 Å². The van der Waals surface area contributed by atoms with Crippen LogP contribution in [0.4, 0.5) is 26.3 Å². The van der Waals surface area contributed by atoms with Crippen LogP contribution in [-0.2, 0) is 22.3 Å². The van der Waals surface area contributed by atoms with Gasteiger partial charge in [0.05, 0.1) is 5.56 Å². The highest BCUT2D eigenvalue weighted by Gasteiger charge is 2.30. The van der Waals surface area contributed by atoms with Crippen molar-refractivity contribution in [2.24, 2.45) is 0 Å². The third kappa shape index (κ3) is 7.37. The van der Waals surface area contributed by atoms with E-state index in [1.807, 2.05) is 4.90 Å². The van der Waals surface area contributed by atoms with E-state index in [4.69, 9.17) is 0 Å². The third-order valence-electron chi connectivity index (χ3n) is 4.12. The van der Waals surface area contributed by atoms with Gasteiger partial charge in [0.1, 0.15) is 13.2 Å². The summed E-state index contributed by atoms with van der Waals surface area (Å²) in [5, 5.41) is 0. The highest BCUT2D eigenvalue weighted by atomic mass is 19.4. The number of hydrogen-bond donors (Lipinski definition) is 0. The summed E-state index contributed by atoms with van der Waals surface area (Å²) in [5.74, 6) is -0.504. The van der Waals surface area contributed by atoms with E-state index < -0.39 is 37.0 Å². The van der Waals surface area contributed by atoms with Crippen molar-refractivity contribution in [3.05, 3.63) is 35.4 Å². The molecule has 27 heavy (non-hydrogen) atoms. The number of alkyl halides is 6. The van der Waals surface area contributed by atoms with E-state index in [1.165, 1.54) is 17.0 Å². The minimum absolute atomic E-state index is 0.328. The van der Waals surface area contributed by atoms with E-state index >= 15 is 0 Å². The van der Waals surface area contributed by atoms with Crippen molar-refractivity contribution >= 4 is 5.91 Å². The zero-order valence-electron chi connectivity index (χ0n) is 14.4. The van der Waals surface area contributed by atoms with Crippen LogP contribution in [0.15, 0.2) is 24.3 Å². The Hall–Kier alpha value is -1.81. The summed E-state index contributed by atoms with van der Waals surface area (Å²) in [6.45, 7) is 0.183. The second-order valence-corrected chi connectivity index (χ2v) is 6.31. The Morgan fingerprint density at radius 2 is 1.63 bits per heavy atom. The highest BCUT2D eigenvalue weighted by molar-refractivity contribution is 5.77. The molecule has 10 heteroatoms. The van der Waals surface area contributed by atoms with Crippen molar-refractivity contribution in [1.29, 1.82) is 0 Å². The van der Waals surface area contributed by atoms with Gasteiger partial charge in [-0.2, -0.15) is 26.3 Å². The Bertz CT molecular complexity index is 615. The van der Waals surface area contributed by atoms with Crippen molar-refractivity contribution in [2.75, 3.05) is 39.4 Å². The van der Waals surface area contributed by atoms with Gasteiger partial charge in [0, 0.05) is 32.7 Å². The lowest BCUT2D eigenvalue weighted by atomic mass is 10.1. The Morgan fingerprint density at radius 1 is 0.963 bits per heavy atom. The predicted molar refractivity (Wildman–Crippen MR) is 84.8 cm³/mol. The Labute approximate surface area is 152 Å². The quantitative estimate of drug-likeness (QED) is 0.714. The van der Waals surface area contributed by atoms with Crippen molar-refractivity contribution < 1.29 is 35.9 Å². The molecule has 1 aliphatic heterocycles. The first-order valence-electron chi connectivity index (χ1n) is 8.35. The maximum atomic E-state index is 12.6. The molecular formula is C17H20F6N2O2. The Morgan fingerprint density at radius 3 is 2.22 bits per heavy atom. The molecule has 1 heterocycles. The third-order valence-corrected chi connectivity index (χ3v) is 4.12. The van der Waals surface area contributed by atoms with Gasteiger partial charge >= 0.3 is 12.4 Å². The van der Waals surface area contributed by atoms with Gasteiger partial charge in [-0.15, -0.1) is 0 Å². The lowest BCUT2D eigenvalue weighted by Gasteiger charge is -2.22. The summed E-state index contributed by atoms with van der Waals surface area (Å²) in [4.78, 5) is 15.4. The molecule has 1 aromatic carbocycles. The van der Waals surface area contributed by atoms with Gasteiger partial charge in [0.25, 0.3) is 0 Å². The average Bonchev–Trinajstić information content (AvgIpc) is 2.79. The predicted octanol–water partition coefficient (Wildman–Crippen LogP) is 3.32. The van der Waals surface area contributed by atoms with Gasteiger partial charge in [-0.25, -0.2) is 0 Å². The number of amides is 1. The summed E-state index contributed by atoms with van der Waals surface area (Å²) >= 11 is 0. The first kappa shape index (κ1) is 21.5. The van der Waals surface area contributed by atoms with Crippen LogP contribution >= 0.6 is 0 Å². The number of carbonyl (C=O) groups excluding carboxylic acids is 1. The van der Waals surface area contributed by atoms with Gasteiger partial charge in [-0.3, -0.25) is 9.69 Å². The van der Waals surface area contributed by atoms with Crippen molar-refractivity contribution in [3.63, 3.8) is 0 Å². The summed E-state index contributed by atoms with van der Waals surface area (Å²) in [7, 11) is 0. The molecule has 0 radical (unpaired) electrons. The number of halogens is 6. The van der Waals surface area contributed by atoms with Crippen LogP contribution in [0.25, 0.3) is 0 Å². The van der Waals surface area contributed by atoms with Gasteiger partial charge in [0.15, 0.2) is 0 Å². The van der Waals surface area contributed by atoms with Crippen LogP contribution in [0, 0.1) is 0 Å². The molecule has 0 bridgehead atoms. The molecule has 0 unspecified atom stereocenters. The molecule has 152 valence electrons. The van der Waals surface area contributed by atoms with Gasteiger partial charge in [-0.05, 0) is 24.1 Å². The molecule has 2 rings (SSSR count). The van der Waals surface area contributed by atoms with Crippen molar-refractivity contribution in [1.82, 2.24) is 9.80 Å². The topological polar surface area (TPSA) is 32.8 Å². The summed E-state index contributed by atoms with van der Waals surface area (Å²) in [5.41, 5.74) is 0.00836. The van der Waals surface area contributed by atoms with Crippen molar-refractivity contribution in [2.45, 2.75) is 25.3 Å². The summed E-state index contributed by atoms with van der Waals surface area (Å²) in [6.07, 6.45) is -8.24. The lowest BCUT2D eigenvalue weighted by Crippen LogP contribution is -2.38. The number of nitrogens with zero attached hydrogens (tertiary/aromatic N) is 2. The fourth-order valence-electron chi connectivity index (χ4n) is 2.78. The fraction of sp³-hybridized carbons (Fsp3) is 0.588. The molecular weight excluding hydrogens is 378 g/mol. The molecule has 1 aliphatic rings. The first-order chi connectivity index (χ1) is 12.5. The first-order valence-corrected chi connectivity index (χ1v) is 8.35. The second kappa shape index (κ2) is 8.92. The zero-order chi connectivity index (χ0) is 20.1. The molecule has 1 amide bonds. The molecule has 1 saturated heterocycles. The lowest BCUT2D eigenvalue weighted by molar-refractivity contribution is -0.177. The van der Waals surface area contributed by atoms with E-state index in [-0.39, 0.29) is 0 Å². The monoisotopic (exact) mass is 398 g/mol. The molecule has 0 aliphatic carbocycles. The smallest absolute Gasteiger partial charge is 0.362 e. The Balaban J connectivity index is 1.81. The summed E-state index contributed by atoms with van der Waals surface area (Å²) < 4.78 is 78.3. The minimum atomic E-state index is -4.47. The maximum Gasteiger partial charge on any atom is 0.416 e. The number of ether oxygens (including phenoxy) is 1. The highest BCUT2D eigenvalue weighted by Crippen LogP contribution is 2.29. The minimum Gasteiger partial charge on any atom is -0.362 e. The molecule has 1 aromatic rings. The van der Waals surface area contributed by atoms with Crippen LogP contribution in [0.1, 0.15) is 17.5 Å². The van der Waals surface area contributed by atoms with Gasteiger partial charge in [0.2, 0.25) is 5.91 Å². The van der Waals surface area contributed by atoms with E-state index in [9.17, 15) is 31.1 Å². The van der Waals surface area contributed by atoms with Crippen LogP contribution in [0.5, 0.6) is 0 Å². The van der Waals surface area contributed by atoms with Crippen LogP contribution in [0.3, 0.4) is 0 Å². The standard InChI is InChI=1S/C17H20F6N2O2/c18-16(19,20)12-27-11-15(26)25-7-1-6-24(8-9-25)10-13-2-4-14(5-3-13)17(21,22)23/h2-5H,1,6-12H2. The van der Waals surface area contributed by atoms with Crippen molar-refractivity contribution in [3.8, 4) is 0 Å². The molecule has 0 N–H and O–H groups in total. The SMILES string of the molecule is O=C(COCC(F)(F)F)N1CCCN(Cc2ccc(C(F)(F)F)cc2)CC1. The van der Waals surface area contributed by atoms with Crippen LogP contribution in [-0.4, -0.2) is 61.3 Å². The number of benzene rings is 1. The van der Waals surface area contributed by atoms with E-state index in [2.05, 4.69) is 4.74 Å². The van der Waals surface area contributed by atoms with Gasteiger partial charge in [-0.1, -0.05) is 12.1 Å². The normalized spacial score (nSPS) is 17.0. The van der Waals surface area contributed by atoms with E-state index in [1.54, 1.807) is 0 Å². The zero-order valence-corrected chi connectivity index (χ0v) is 14.4. The molecule has 4 nitrogen and oxygen atoms in total. The number of carbonyl (C=O) groups is 1. The molecule has 0 aromatic heterocycles. The molecule has 0 atom stereocenters. The molecule has 0 saturated carbocycles. The van der Waals surface area contributed by atoms with E-state index in [0.29, 0.717) is 39.1 Å². The maximum absolute atomic E-state index is 12.6. The summed E-state index contributed by atoms with van der Waals surface area (Å²) in [6, 6.07) is 4.89. The van der Waals surface area contributed by atoms with Crippen LogP contribution in [0.2, 0.25) is 0 Å².